The monoisotopic (exact) mass is 182 g/mol. The molecule has 1 aromatic heterocycles. The summed E-state index contributed by atoms with van der Waals surface area (Å²) in [5, 5.41) is 0.700. The molecule has 1 aliphatic rings. The summed E-state index contributed by atoms with van der Waals surface area (Å²) in [6, 6.07) is 1.43. The van der Waals surface area contributed by atoms with E-state index >= 15 is 0 Å². The summed E-state index contributed by atoms with van der Waals surface area (Å²) in [7, 11) is 0. The number of aromatic amines is 1. The van der Waals surface area contributed by atoms with Crippen molar-refractivity contribution in [3.05, 3.63) is 33.0 Å². The van der Waals surface area contributed by atoms with Crippen LogP contribution < -0.4 is 11.2 Å². The molecule has 1 aromatic rings. The SMILES string of the molecule is O=c1cc2n(c(=O)[nH]1)C=CCS2. The quantitative estimate of drug-likeness (QED) is 0.579. The first kappa shape index (κ1) is 7.42. The molecule has 0 bridgehead atoms. The molecule has 0 saturated heterocycles. The van der Waals surface area contributed by atoms with Gasteiger partial charge in [-0.15, -0.1) is 11.8 Å². The van der Waals surface area contributed by atoms with Gasteiger partial charge in [0.2, 0.25) is 0 Å². The van der Waals surface area contributed by atoms with Gasteiger partial charge < -0.3 is 0 Å². The Morgan fingerprint density at radius 3 is 3.17 bits per heavy atom. The maximum absolute atomic E-state index is 11.1. The molecule has 1 N–H and O–H groups in total. The van der Waals surface area contributed by atoms with Crippen LogP contribution in [0.4, 0.5) is 0 Å². The van der Waals surface area contributed by atoms with E-state index in [2.05, 4.69) is 4.98 Å². The van der Waals surface area contributed by atoms with E-state index in [9.17, 15) is 9.59 Å². The van der Waals surface area contributed by atoms with Crippen molar-refractivity contribution >= 4 is 18.0 Å². The Morgan fingerprint density at radius 1 is 1.50 bits per heavy atom. The van der Waals surface area contributed by atoms with E-state index in [0.717, 1.165) is 5.75 Å². The van der Waals surface area contributed by atoms with Crippen LogP contribution in [0.1, 0.15) is 0 Å². The largest absolute Gasteiger partial charge is 0.333 e. The molecule has 4 nitrogen and oxygen atoms in total. The lowest BCUT2D eigenvalue weighted by Crippen LogP contribution is -2.28. The molecule has 0 amide bonds. The molecule has 0 atom stereocenters. The predicted molar refractivity (Wildman–Crippen MR) is 47.4 cm³/mol. The summed E-state index contributed by atoms with van der Waals surface area (Å²) in [5.74, 6) is 0.808. The summed E-state index contributed by atoms with van der Waals surface area (Å²) < 4.78 is 1.43. The summed E-state index contributed by atoms with van der Waals surface area (Å²) in [6.45, 7) is 0. The second-order valence-electron chi connectivity index (χ2n) is 2.34. The second kappa shape index (κ2) is 2.67. The standard InChI is InChI=1S/C7H6N2O2S/c10-5-4-6-9(7(11)8-5)2-1-3-12-6/h1-2,4H,3H2,(H,8,10,11). The Labute approximate surface area is 71.9 Å². The number of hydrogen-bond acceptors (Lipinski definition) is 3. The van der Waals surface area contributed by atoms with Crippen LogP contribution in [-0.2, 0) is 0 Å². The molecule has 0 unspecified atom stereocenters. The van der Waals surface area contributed by atoms with Crippen molar-refractivity contribution in [3.63, 3.8) is 0 Å². The third kappa shape index (κ3) is 1.12. The number of nitrogens with one attached hydrogen (secondary N) is 1. The van der Waals surface area contributed by atoms with Crippen molar-refractivity contribution < 1.29 is 0 Å². The van der Waals surface area contributed by atoms with Crippen molar-refractivity contribution in [1.29, 1.82) is 0 Å². The van der Waals surface area contributed by atoms with Crippen LogP contribution in [0.25, 0.3) is 6.20 Å². The van der Waals surface area contributed by atoms with Crippen molar-refractivity contribution in [3.8, 4) is 0 Å². The third-order valence-electron chi connectivity index (χ3n) is 1.52. The molecule has 12 heavy (non-hydrogen) atoms. The molecule has 0 saturated carbocycles. The van der Waals surface area contributed by atoms with Gasteiger partial charge in [0.25, 0.3) is 5.56 Å². The molecular weight excluding hydrogens is 176 g/mol. The van der Waals surface area contributed by atoms with Crippen LogP contribution >= 0.6 is 11.8 Å². The molecule has 62 valence electrons. The van der Waals surface area contributed by atoms with Crippen LogP contribution in [0.15, 0.2) is 26.8 Å². The zero-order valence-electron chi connectivity index (χ0n) is 6.11. The minimum absolute atomic E-state index is 0.339. The van der Waals surface area contributed by atoms with Crippen molar-refractivity contribution in [2.45, 2.75) is 5.03 Å². The number of fused-ring (bicyclic) bond motifs is 1. The van der Waals surface area contributed by atoms with Gasteiger partial charge in [-0.1, -0.05) is 6.08 Å². The van der Waals surface area contributed by atoms with Gasteiger partial charge in [-0.25, -0.2) is 4.79 Å². The van der Waals surface area contributed by atoms with Gasteiger partial charge >= 0.3 is 5.69 Å². The summed E-state index contributed by atoms with van der Waals surface area (Å²) in [5.41, 5.74) is -0.713. The number of rotatable bonds is 0. The smallest absolute Gasteiger partial charge is 0.274 e. The summed E-state index contributed by atoms with van der Waals surface area (Å²) in [4.78, 5) is 24.2. The first-order valence-electron chi connectivity index (χ1n) is 3.43. The highest BCUT2D eigenvalue weighted by molar-refractivity contribution is 7.99. The summed E-state index contributed by atoms with van der Waals surface area (Å²) in [6.07, 6.45) is 3.54. The van der Waals surface area contributed by atoms with E-state index in [0.29, 0.717) is 5.03 Å². The van der Waals surface area contributed by atoms with Crippen molar-refractivity contribution in [2.24, 2.45) is 0 Å². The molecule has 1 aliphatic heterocycles. The Balaban J connectivity index is 2.79. The number of aromatic nitrogens is 2. The molecule has 0 radical (unpaired) electrons. The fourth-order valence-electron chi connectivity index (χ4n) is 1.02. The van der Waals surface area contributed by atoms with Gasteiger partial charge in [-0.3, -0.25) is 14.3 Å². The minimum Gasteiger partial charge on any atom is -0.274 e. The molecule has 2 rings (SSSR count). The minimum atomic E-state index is -0.374. The molecule has 0 aromatic carbocycles. The van der Waals surface area contributed by atoms with Crippen molar-refractivity contribution in [1.82, 2.24) is 9.55 Å². The number of thioether (sulfide) groups is 1. The zero-order chi connectivity index (χ0) is 8.55. The number of H-pyrrole nitrogens is 1. The van der Waals surface area contributed by atoms with Gasteiger partial charge in [0.1, 0.15) is 0 Å². The normalized spacial score (nSPS) is 14.3. The van der Waals surface area contributed by atoms with Crippen LogP contribution in [0, 0.1) is 0 Å². The zero-order valence-corrected chi connectivity index (χ0v) is 6.93. The van der Waals surface area contributed by atoms with Gasteiger partial charge in [0.15, 0.2) is 0 Å². The van der Waals surface area contributed by atoms with Crippen LogP contribution in [-0.4, -0.2) is 15.3 Å². The van der Waals surface area contributed by atoms with E-state index < -0.39 is 0 Å². The van der Waals surface area contributed by atoms with Crippen LogP contribution in [0.2, 0.25) is 0 Å². The van der Waals surface area contributed by atoms with Gasteiger partial charge in [0, 0.05) is 18.0 Å². The highest BCUT2D eigenvalue weighted by Crippen LogP contribution is 2.18. The lowest BCUT2D eigenvalue weighted by atomic mass is 10.6. The lowest BCUT2D eigenvalue weighted by Gasteiger charge is -2.09. The fourth-order valence-corrected chi connectivity index (χ4v) is 1.84. The molecule has 0 fully saturated rings. The van der Waals surface area contributed by atoms with E-state index in [4.69, 9.17) is 0 Å². The number of hydrogen-bond donors (Lipinski definition) is 1. The van der Waals surface area contributed by atoms with Gasteiger partial charge in [0.05, 0.1) is 5.03 Å². The molecule has 5 heteroatoms. The highest BCUT2D eigenvalue weighted by atomic mass is 32.2. The maximum Gasteiger partial charge on any atom is 0.333 e. The van der Waals surface area contributed by atoms with E-state index in [-0.39, 0.29) is 11.2 Å². The maximum atomic E-state index is 11.1. The first-order valence-corrected chi connectivity index (χ1v) is 4.41. The van der Waals surface area contributed by atoms with Crippen LogP contribution in [0.5, 0.6) is 0 Å². The molecule has 0 aliphatic carbocycles. The van der Waals surface area contributed by atoms with Gasteiger partial charge in [-0.05, 0) is 0 Å². The average molecular weight is 182 g/mol. The average Bonchev–Trinajstić information content (AvgIpc) is 2.04. The van der Waals surface area contributed by atoms with E-state index in [1.54, 1.807) is 6.20 Å². The van der Waals surface area contributed by atoms with Gasteiger partial charge in [-0.2, -0.15) is 0 Å². The van der Waals surface area contributed by atoms with E-state index in [1.807, 2.05) is 6.08 Å². The molecular formula is C7H6N2O2S. The fraction of sp³-hybridized carbons (Fsp3) is 0.143. The Morgan fingerprint density at radius 2 is 2.33 bits per heavy atom. The second-order valence-corrected chi connectivity index (χ2v) is 3.38. The first-order chi connectivity index (χ1) is 5.77. The Hall–Kier alpha value is -1.23. The Kier molecular flexibility index (Phi) is 1.65. The number of nitrogens with zero attached hydrogens (tertiary/aromatic N) is 1. The Bertz CT molecular complexity index is 443. The summed E-state index contributed by atoms with van der Waals surface area (Å²) >= 11 is 1.47. The third-order valence-corrected chi connectivity index (χ3v) is 2.49. The molecule has 2 heterocycles. The highest BCUT2D eigenvalue weighted by Gasteiger charge is 2.06. The molecule has 0 spiro atoms. The van der Waals surface area contributed by atoms with Crippen LogP contribution in [0.3, 0.4) is 0 Å². The van der Waals surface area contributed by atoms with Crippen molar-refractivity contribution in [2.75, 3.05) is 5.75 Å². The topological polar surface area (TPSA) is 54.9 Å². The lowest BCUT2D eigenvalue weighted by molar-refractivity contribution is 0.841. The van der Waals surface area contributed by atoms with E-state index in [1.165, 1.54) is 22.4 Å². The predicted octanol–water partition coefficient (Wildman–Crippen LogP) is 0.113.